The van der Waals surface area contributed by atoms with E-state index in [-0.39, 0.29) is 0 Å². The summed E-state index contributed by atoms with van der Waals surface area (Å²) in [6, 6.07) is 0. The number of aryl methyl sites for hydroxylation is 2. The molecule has 0 fully saturated rings. The summed E-state index contributed by atoms with van der Waals surface area (Å²) in [6.07, 6.45) is 34.3. The maximum atomic E-state index is 3.33. The topological polar surface area (TPSA) is 15.8 Å². The molecule has 0 aliphatic rings. The van der Waals surface area contributed by atoms with Crippen molar-refractivity contribution in [2.24, 2.45) is 0 Å². The monoisotopic (exact) mass is 389 g/mol. The summed E-state index contributed by atoms with van der Waals surface area (Å²) in [5.41, 5.74) is 3.16. The van der Waals surface area contributed by atoms with Crippen LogP contribution >= 0.6 is 0 Å². The number of aromatic amines is 1. The highest BCUT2D eigenvalue weighted by Crippen LogP contribution is 2.17. The third-order valence-electron chi connectivity index (χ3n) is 6.28. The van der Waals surface area contributed by atoms with E-state index in [1.165, 1.54) is 135 Å². The fraction of sp³-hybridized carbons (Fsp3) is 0.852. The summed E-state index contributed by atoms with van der Waals surface area (Å²) in [5.74, 6) is 0. The Morgan fingerprint density at radius 2 is 0.714 bits per heavy atom. The molecule has 0 aromatic carbocycles. The van der Waals surface area contributed by atoms with Crippen molar-refractivity contribution in [3.8, 4) is 0 Å². The molecule has 0 unspecified atom stereocenters. The first kappa shape index (κ1) is 25.3. The van der Waals surface area contributed by atoms with Crippen molar-refractivity contribution < 1.29 is 0 Å². The van der Waals surface area contributed by atoms with Crippen LogP contribution in [-0.4, -0.2) is 4.98 Å². The van der Waals surface area contributed by atoms with Gasteiger partial charge in [-0.3, -0.25) is 0 Å². The molecule has 0 aliphatic carbocycles. The van der Waals surface area contributed by atoms with Crippen LogP contribution in [0, 0.1) is 0 Å². The Bertz CT molecular complexity index is 420. The summed E-state index contributed by atoms with van der Waals surface area (Å²) in [6.45, 7) is 4.59. The van der Waals surface area contributed by atoms with Crippen molar-refractivity contribution >= 4 is 0 Å². The van der Waals surface area contributed by atoms with E-state index in [0.717, 1.165) is 0 Å². The van der Waals surface area contributed by atoms with Crippen molar-refractivity contribution in [3.63, 3.8) is 0 Å². The second-order valence-corrected chi connectivity index (χ2v) is 9.02. The Kier molecular flexibility index (Phi) is 17.7. The third-order valence-corrected chi connectivity index (χ3v) is 6.28. The number of unbranched alkanes of at least 4 members (excludes halogenated alkanes) is 17. The van der Waals surface area contributed by atoms with Crippen molar-refractivity contribution in [2.75, 3.05) is 0 Å². The summed E-state index contributed by atoms with van der Waals surface area (Å²) in [4.78, 5) is 3.33. The fourth-order valence-corrected chi connectivity index (χ4v) is 4.32. The van der Waals surface area contributed by atoms with Gasteiger partial charge in [-0.25, -0.2) is 0 Å². The molecule has 1 N–H and O–H groups in total. The maximum absolute atomic E-state index is 3.33. The zero-order valence-corrected chi connectivity index (χ0v) is 19.5. The molecule has 164 valence electrons. The van der Waals surface area contributed by atoms with E-state index < -0.39 is 0 Å². The van der Waals surface area contributed by atoms with Gasteiger partial charge in [0, 0.05) is 12.4 Å². The van der Waals surface area contributed by atoms with Crippen LogP contribution in [0.3, 0.4) is 0 Å². The fourth-order valence-electron chi connectivity index (χ4n) is 4.32. The van der Waals surface area contributed by atoms with Gasteiger partial charge in [0.2, 0.25) is 0 Å². The summed E-state index contributed by atoms with van der Waals surface area (Å²) in [7, 11) is 0. The first-order valence-electron chi connectivity index (χ1n) is 13.0. The Hall–Kier alpha value is -0.720. The van der Waals surface area contributed by atoms with Gasteiger partial charge in [-0.2, -0.15) is 0 Å². The molecule has 0 radical (unpaired) electrons. The van der Waals surface area contributed by atoms with E-state index in [4.69, 9.17) is 0 Å². The lowest BCUT2D eigenvalue weighted by Gasteiger charge is -2.05. The van der Waals surface area contributed by atoms with Gasteiger partial charge in [0.1, 0.15) is 0 Å². The van der Waals surface area contributed by atoms with E-state index in [1.807, 2.05) is 0 Å². The zero-order valence-electron chi connectivity index (χ0n) is 19.5. The molecule has 0 saturated carbocycles. The minimum atomic E-state index is 1.27. The highest BCUT2D eigenvalue weighted by atomic mass is 14.6. The van der Waals surface area contributed by atoms with Gasteiger partial charge in [0.05, 0.1) is 0 Å². The molecule has 28 heavy (non-hydrogen) atoms. The number of hydrogen-bond acceptors (Lipinski definition) is 0. The van der Waals surface area contributed by atoms with E-state index in [1.54, 1.807) is 11.1 Å². The maximum Gasteiger partial charge on any atom is 0.00401 e. The minimum Gasteiger partial charge on any atom is -0.367 e. The van der Waals surface area contributed by atoms with Gasteiger partial charge in [-0.05, 0) is 36.8 Å². The minimum absolute atomic E-state index is 1.27. The molecule has 1 rings (SSSR count). The Morgan fingerprint density at radius 1 is 0.429 bits per heavy atom. The van der Waals surface area contributed by atoms with E-state index >= 15 is 0 Å². The zero-order chi connectivity index (χ0) is 20.1. The van der Waals surface area contributed by atoms with Crippen LogP contribution < -0.4 is 0 Å². The number of rotatable bonds is 21. The molecule has 1 heterocycles. The van der Waals surface area contributed by atoms with Gasteiger partial charge in [0.25, 0.3) is 0 Å². The average molecular weight is 390 g/mol. The lowest BCUT2D eigenvalue weighted by atomic mass is 10.0. The summed E-state index contributed by atoms with van der Waals surface area (Å²) < 4.78 is 0. The number of aromatic nitrogens is 1. The molecule has 0 amide bonds. The van der Waals surface area contributed by atoms with Crippen molar-refractivity contribution in [3.05, 3.63) is 23.5 Å². The molecule has 1 heteroatoms. The highest BCUT2D eigenvalue weighted by Gasteiger charge is 2.03. The van der Waals surface area contributed by atoms with Crippen molar-refractivity contribution in [1.82, 2.24) is 4.98 Å². The van der Waals surface area contributed by atoms with Crippen molar-refractivity contribution in [2.45, 2.75) is 149 Å². The highest BCUT2D eigenvalue weighted by molar-refractivity contribution is 5.23. The van der Waals surface area contributed by atoms with Crippen LogP contribution in [0.5, 0.6) is 0 Å². The molecule has 1 aromatic heterocycles. The molecular formula is C27H51N. The predicted molar refractivity (Wildman–Crippen MR) is 127 cm³/mol. The summed E-state index contributed by atoms with van der Waals surface area (Å²) in [5, 5.41) is 0. The van der Waals surface area contributed by atoms with E-state index in [9.17, 15) is 0 Å². The van der Waals surface area contributed by atoms with Gasteiger partial charge in [-0.15, -0.1) is 0 Å². The first-order valence-corrected chi connectivity index (χ1v) is 13.0. The molecule has 1 nitrogen and oxygen atoms in total. The van der Waals surface area contributed by atoms with E-state index in [0.29, 0.717) is 0 Å². The Morgan fingerprint density at radius 3 is 1.11 bits per heavy atom. The lowest BCUT2D eigenvalue weighted by Crippen LogP contribution is -1.91. The van der Waals surface area contributed by atoms with Gasteiger partial charge in [-0.1, -0.05) is 123 Å². The lowest BCUT2D eigenvalue weighted by molar-refractivity contribution is 0.529. The van der Waals surface area contributed by atoms with Gasteiger partial charge >= 0.3 is 0 Å². The number of hydrogen-bond donors (Lipinski definition) is 1. The summed E-state index contributed by atoms with van der Waals surface area (Å²) >= 11 is 0. The first-order chi connectivity index (χ1) is 13.9. The number of H-pyrrole nitrogens is 1. The van der Waals surface area contributed by atoms with Gasteiger partial charge in [0.15, 0.2) is 0 Å². The van der Waals surface area contributed by atoms with Crippen LogP contribution in [-0.2, 0) is 12.8 Å². The Balaban J connectivity index is 1.82. The van der Waals surface area contributed by atoms with E-state index in [2.05, 4.69) is 31.2 Å². The molecule has 0 aliphatic heterocycles. The molecule has 0 saturated heterocycles. The third kappa shape index (κ3) is 14.3. The molecule has 0 spiro atoms. The number of nitrogens with one attached hydrogen (secondary N) is 1. The standard InChI is InChI=1S/C27H51N/c1-3-5-7-8-9-10-11-12-13-14-15-16-17-18-19-21-23-27-25-28-24-26(27)22-20-6-4-2/h24-25,28H,3-23H2,1-2H3. The van der Waals surface area contributed by atoms with Crippen LogP contribution in [0.1, 0.15) is 147 Å². The SMILES string of the molecule is CCCCCCCCCCCCCCCCCCc1c[nH]cc1CCCCC. The molecular weight excluding hydrogens is 338 g/mol. The molecule has 0 bridgehead atoms. The average Bonchev–Trinajstić information content (AvgIpc) is 3.15. The van der Waals surface area contributed by atoms with Crippen LogP contribution in [0.4, 0.5) is 0 Å². The quantitative estimate of drug-likeness (QED) is 0.201. The largest absolute Gasteiger partial charge is 0.367 e. The second kappa shape index (κ2) is 19.6. The van der Waals surface area contributed by atoms with Crippen LogP contribution in [0.2, 0.25) is 0 Å². The molecule has 1 aromatic rings. The normalized spacial score (nSPS) is 11.4. The predicted octanol–water partition coefficient (Wildman–Crippen LogP) is 9.55. The van der Waals surface area contributed by atoms with Crippen molar-refractivity contribution in [1.29, 1.82) is 0 Å². The van der Waals surface area contributed by atoms with Gasteiger partial charge < -0.3 is 4.98 Å². The second-order valence-electron chi connectivity index (χ2n) is 9.02. The van der Waals surface area contributed by atoms with Crippen LogP contribution in [0.15, 0.2) is 12.4 Å². The smallest absolute Gasteiger partial charge is 0.00401 e. The Labute approximate surface area is 177 Å². The van der Waals surface area contributed by atoms with Crippen LogP contribution in [0.25, 0.3) is 0 Å². The molecule has 0 atom stereocenters.